The summed E-state index contributed by atoms with van der Waals surface area (Å²) in [5.41, 5.74) is 4.20. The van der Waals surface area contributed by atoms with E-state index in [-0.39, 0.29) is 17.7 Å². The van der Waals surface area contributed by atoms with Crippen molar-refractivity contribution in [3.05, 3.63) is 82.5 Å². The Kier molecular flexibility index (Phi) is 5.68. The molecule has 9 heteroatoms. The van der Waals surface area contributed by atoms with E-state index in [1.54, 1.807) is 10.6 Å². The van der Waals surface area contributed by atoms with Crippen LogP contribution in [0.5, 0.6) is 0 Å². The molecule has 2 N–H and O–H groups in total. The average molecular weight is 504 g/mol. The topological polar surface area (TPSA) is 88.4 Å². The lowest BCUT2D eigenvalue weighted by Gasteiger charge is -2.23. The van der Waals surface area contributed by atoms with Crippen LogP contribution in [0.1, 0.15) is 59.6 Å². The SMILES string of the molecule is O=C1NC(c2cc(F)ccc2Cl)c2c(NC(=O)C3CCCCC3)cc(-c3ccc4ncnn4c3)cc21. The summed E-state index contributed by atoms with van der Waals surface area (Å²) in [5.74, 6) is -0.912. The molecule has 2 aliphatic rings. The van der Waals surface area contributed by atoms with Crippen molar-refractivity contribution >= 4 is 34.7 Å². The Labute approximate surface area is 211 Å². The number of halogens is 2. The summed E-state index contributed by atoms with van der Waals surface area (Å²) in [6.07, 6.45) is 8.16. The van der Waals surface area contributed by atoms with E-state index in [9.17, 15) is 14.0 Å². The van der Waals surface area contributed by atoms with Crippen LogP contribution in [0, 0.1) is 11.7 Å². The van der Waals surface area contributed by atoms with Crippen LogP contribution >= 0.6 is 11.6 Å². The molecule has 1 unspecified atom stereocenters. The summed E-state index contributed by atoms with van der Waals surface area (Å²) in [6, 6.07) is 10.8. The third-order valence-electron chi connectivity index (χ3n) is 7.10. The van der Waals surface area contributed by atoms with Gasteiger partial charge in [0.05, 0.1) is 6.04 Å². The lowest BCUT2D eigenvalue weighted by Crippen LogP contribution is -2.26. The second-order valence-corrected chi connectivity index (χ2v) is 9.77. The third-order valence-corrected chi connectivity index (χ3v) is 7.44. The standard InChI is InChI=1S/C27H23ClFN5O2/c28-21-8-7-18(29)12-19(21)25-24-20(27(36)33-25)10-17(16-6-9-23-30-14-31-34(23)13-16)11-22(24)32-26(35)15-4-2-1-3-5-15/h6-15,25H,1-5H2,(H,32,35)(H,33,36). The van der Waals surface area contributed by atoms with Crippen molar-refractivity contribution < 1.29 is 14.0 Å². The number of hydrogen-bond donors (Lipinski definition) is 2. The predicted molar refractivity (Wildman–Crippen MR) is 134 cm³/mol. The Morgan fingerprint density at radius 1 is 1.08 bits per heavy atom. The Hall–Kier alpha value is -3.78. The van der Waals surface area contributed by atoms with E-state index in [2.05, 4.69) is 20.7 Å². The molecule has 0 saturated heterocycles. The molecule has 4 aromatic rings. The Bertz CT molecular complexity index is 1510. The van der Waals surface area contributed by atoms with Crippen LogP contribution in [0.2, 0.25) is 5.02 Å². The van der Waals surface area contributed by atoms with Crippen molar-refractivity contribution in [2.24, 2.45) is 5.92 Å². The quantitative estimate of drug-likeness (QED) is 0.382. The number of hydrogen-bond acceptors (Lipinski definition) is 4. The highest BCUT2D eigenvalue weighted by Crippen LogP contribution is 2.42. The van der Waals surface area contributed by atoms with Gasteiger partial charge in [0.15, 0.2) is 5.65 Å². The van der Waals surface area contributed by atoms with E-state index in [1.807, 2.05) is 24.4 Å². The maximum atomic E-state index is 14.2. The summed E-state index contributed by atoms with van der Waals surface area (Å²) in [7, 11) is 0. The van der Waals surface area contributed by atoms with E-state index in [1.165, 1.54) is 24.5 Å². The Morgan fingerprint density at radius 2 is 1.92 bits per heavy atom. The van der Waals surface area contributed by atoms with Crippen molar-refractivity contribution in [2.45, 2.75) is 38.1 Å². The van der Waals surface area contributed by atoms with E-state index in [0.29, 0.717) is 33.0 Å². The van der Waals surface area contributed by atoms with Gasteiger partial charge in [-0.2, -0.15) is 5.10 Å². The Balaban J connectivity index is 1.49. The molecular weight excluding hydrogens is 481 g/mol. The summed E-state index contributed by atoms with van der Waals surface area (Å²) in [4.78, 5) is 30.6. The molecule has 7 nitrogen and oxygen atoms in total. The van der Waals surface area contributed by atoms with Gasteiger partial charge in [0.1, 0.15) is 12.1 Å². The third kappa shape index (κ3) is 4.01. The highest BCUT2D eigenvalue weighted by atomic mass is 35.5. The molecule has 0 spiro atoms. The van der Waals surface area contributed by atoms with Crippen LogP contribution in [0.15, 0.2) is 55.0 Å². The second-order valence-electron chi connectivity index (χ2n) is 9.36. The van der Waals surface area contributed by atoms with Crippen molar-refractivity contribution in [1.82, 2.24) is 19.9 Å². The number of fused-ring (bicyclic) bond motifs is 2. The number of nitrogens with zero attached hydrogens (tertiary/aromatic N) is 3. The molecule has 1 aliphatic heterocycles. The number of nitrogens with one attached hydrogen (secondary N) is 2. The summed E-state index contributed by atoms with van der Waals surface area (Å²) >= 11 is 6.42. The van der Waals surface area contributed by atoms with Gasteiger partial charge in [-0.05, 0) is 60.9 Å². The Morgan fingerprint density at radius 3 is 2.75 bits per heavy atom. The molecule has 1 fully saturated rings. The number of anilines is 1. The van der Waals surface area contributed by atoms with Crippen molar-refractivity contribution in [3.63, 3.8) is 0 Å². The lowest BCUT2D eigenvalue weighted by molar-refractivity contribution is -0.120. The van der Waals surface area contributed by atoms with Crippen LogP contribution in [0.4, 0.5) is 10.1 Å². The van der Waals surface area contributed by atoms with Gasteiger partial charge in [0.2, 0.25) is 5.91 Å². The zero-order valence-electron chi connectivity index (χ0n) is 19.3. The summed E-state index contributed by atoms with van der Waals surface area (Å²) in [5, 5.41) is 10.6. The molecule has 182 valence electrons. The molecule has 3 heterocycles. The predicted octanol–water partition coefficient (Wildman–Crippen LogP) is 5.54. The van der Waals surface area contributed by atoms with Gasteiger partial charge < -0.3 is 10.6 Å². The highest BCUT2D eigenvalue weighted by Gasteiger charge is 2.35. The van der Waals surface area contributed by atoms with E-state index in [4.69, 9.17) is 11.6 Å². The monoisotopic (exact) mass is 503 g/mol. The van der Waals surface area contributed by atoms with Gasteiger partial charge in [-0.1, -0.05) is 30.9 Å². The summed E-state index contributed by atoms with van der Waals surface area (Å²) < 4.78 is 15.8. The number of aromatic nitrogens is 3. The molecular formula is C27H23ClFN5O2. The minimum atomic E-state index is -0.691. The molecule has 2 aromatic heterocycles. The molecule has 0 radical (unpaired) electrons. The van der Waals surface area contributed by atoms with Crippen LogP contribution in [-0.4, -0.2) is 26.4 Å². The van der Waals surface area contributed by atoms with E-state index >= 15 is 0 Å². The first-order valence-electron chi connectivity index (χ1n) is 12.0. The number of carbonyl (C=O) groups excluding carboxylic acids is 2. The molecule has 2 amide bonds. The maximum Gasteiger partial charge on any atom is 0.252 e. The largest absolute Gasteiger partial charge is 0.341 e. The van der Waals surface area contributed by atoms with Gasteiger partial charge in [-0.25, -0.2) is 13.9 Å². The molecule has 1 saturated carbocycles. The fourth-order valence-corrected chi connectivity index (χ4v) is 5.49. The second kappa shape index (κ2) is 9.02. The molecule has 6 rings (SSSR count). The van der Waals surface area contributed by atoms with Crippen LogP contribution in [0.3, 0.4) is 0 Å². The maximum absolute atomic E-state index is 14.2. The van der Waals surface area contributed by atoms with E-state index < -0.39 is 11.9 Å². The van der Waals surface area contributed by atoms with Crippen molar-refractivity contribution in [1.29, 1.82) is 0 Å². The zero-order chi connectivity index (χ0) is 24.8. The molecule has 2 aromatic carbocycles. The molecule has 36 heavy (non-hydrogen) atoms. The van der Waals surface area contributed by atoms with Gasteiger partial charge in [0, 0.05) is 45.1 Å². The van der Waals surface area contributed by atoms with Crippen LogP contribution < -0.4 is 10.6 Å². The van der Waals surface area contributed by atoms with Gasteiger partial charge >= 0.3 is 0 Å². The highest BCUT2D eigenvalue weighted by molar-refractivity contribution is 6.31. The number of benzene rings is 2. The van der Waals surface area contributed by atoms with Crippen LogP contribution in [0.25, 0.3) is 16.8 Å². The number of carbonyl (C=O) groups is 2. The lowest BCUT2D eigenvalue weighted by atomic mass is 9.88. The molecule has 1 aliphatic carbocycles. The smallest absolute Gasteiger partial charge is 0.252 e. The number of rotatable bonds is 4. The minimum Gasteiger partial charge on any atom is -0.341 e. The van der Waals surface area contributed by atoms with E-state index in [0.717, 1.165) is 43.2 Å². The fourth-order valence-electron chi connectivity index (χ4n) is 5.26. The first kappa shape index (κ1) is 22.7. The van der Waals surface area contributed by atoms with Gasteiger partial charge in [-0.15, -0.1) is 0 Å². The normalized spacial score (nSPS) is 17.7. The summed E-state index contributed by atoms with van der Waals surface area (Å²) in [6.45, 7) is 0. The minimum absolute atomic E-state index is 0.0655. The first-order valence-corrected chi connectivity index (χ1v) is 12.4. The average Bonchev–Trinajstić information content (AvgIpc) is 3.50. The zero-order valence-corrected chi connectivity index (χ0v) is 20.1. The van der Waals surface area contributed by atoms with Gasteiger partial charge in [-0.3, -0.25) is 9.59 Å². The van der Waals surface area contributed by atoms with Gasteiger partial charge in [0.25, 0.3) is 5.91 Å². The number of pyridine rings is 1. The first-order chi connectivity index (χ1) is 17.5. The van der Waals surface area contributed by atoms with Crippen molar-refractivity contribution in [2.75, 3.05) is 5.32 Å². The fraction of sp³-hybridized carbons (Fsp3) is 0.259. The molecule has 0 bridgehead atoms. The molecule has 1 atom stereocenters. The number of amides is 2. The van der Waals surface area contributed by atoms with Crippen LogP contribution in [-0.2, 0) is 4.79 Å². The van der Waals surface area contributed by atoms with Crippen molar-refractivity contribution in [3.8, 4) is 11.1 Å².